The molecular weight excluding hydrogens is 320 g/mol. The number of carbonyl (C=O) groups is 1. The number of aryl methyl sites for hydroxylation is 1. The summed E-state index contributed by atoms with van der Waals surface area (Å²) in [7, 11) is 0. The molecule has 0 saturated carbocycles. The molecule has 0 aliphatic carbocycles. The van der Waals surface area contributed by atoms with E-state index in [0.29, 0.717) is 18.4 Å². The molecule has 2 atom stereocenters. The third-order valence-corrected chi connectivity index (χ3v) is 4.34. The van der Waals surface area contributed by atoms with Crippen LogP contribution in [0, 0.1) is 5.92 Å². The summed E-state index contributed by atoms with van der Waals surface area (Å²) >= 11 is 0. The number of hydrogen-bond acceptors (Lipinski definition) is 6. The van der Waals surface area contributed by atoms with Gasteiger partial charge in [-0.15, -0.1) is 0 Å². The lowest BCUT2D eigenvalue weighted by Crippen LogP contribution is -2.37. The van der Waals surface area contributed by atoms with Crippen LogP contribution in [0.2, 0.25) is 0 Å². The zero-order valence-corrected chi connectivity index (χ0v) is 15.0. The van der Waals surface area contributed by atoms with Crippen LogP contribution in [-0.4, -0.2) is 38.5 Å². The van der Waals surface area contributed by atoms with Crippen LogP contribution >= 0.6 is 0 Å². The Balaban J connectivity index is 1.78. The average Bonchev–Trinajstić information content (AvgIpc) is 3.21. The van der Waals surface area contributed by atoms with E-state index < -0.39 is 0 Å². The first-order valence-corrected chi connectivity index (χ1v) is 8.58. The fraction of sp³-hybridized carbons (Fsp3) is 0.529. The topological polar surface area (TPSA) is 85.2 Å². The van der Waals surface area contributed by atoms with Crippen LogP contribution < -0.4 is 10.2 Å². The number of carbonyl (C=O) groups excluding carboxylic acids is 1. The molecule has 134 valence electrons. The number of hydrogen-bond donors (Lipinski definition) is 1. The Morgan fingerprint density at radius 2 is 2.16 bits per heavy atom. The van der Waals surface area contributed by atoms with Crippen molar-refractivity contribution in [3.05, 3.63) is 30.2 Å². The van der Waals surface area contributed by atoms with E-state index in [0.717, 1.165) is 12.2 Å². The third kappa shape index (κ3) is 3.57. The highest BCUT2D eigenvalue weighted by Crippen LogP contribution is 2.26. The van der Waals surface area contributed by atoms with E-state index in [-0.39, 0.29) is 24.1 Å². The largest absolute Gasteiger partial charge is 0.447 e. The Bertz CT molecular complexity index is 744. The van der Waals surface area contributed by atoms with Crippen molar-refractivity contribution in [3.63, 3.8) is 0 Å². The first kappa shape index (κ1) is 17.2. The fourth-order valence-corrected chi connectivity index (χ4v) is 2.80. The van der Waals surface area contributed by atoms with Crippen molar-refractivity contribution in [2.75, 3.05) is 16.8 Å². The smallest absolute Gasteiger partial charge is 0.415 e. The summed E-state index contributed by atoms with van der Waals surface area (Å²) in [5, 5.41) is 7.73. The molecule has 1 fully saturated rings. The first-order valence-electron chi connectivity index (χ1n) is 8.58. The highest BCUT2D eigenvalue weighted by Gasteiger charge is 2.37. The van der Waals surface area contributed by atoms with Gasteiger partial charge in [-0.1, -0.05) is 13.8 Å². The van der Waals surface area contributed by atoms with Gasteiger partial charge in [-0.2, -0.15) is 10.1 Å². The number of rotatable bonds is 6. The van der Waals surface area contributed by atoms with Gasteiger partial charge in [-0.05, 0) is 31.9 Å². The first-order chi connectivity index (χ1) is 12.0. The van der Waals surface area contributed by atoms with E-state index in [9.17, 15) is 4.79 Å². The zero-order valence-electron chi connectivity index (χ0n) is 15.0. The predicted molar refractivity (Wildman–Crippen MR) is 94.4 cm³/mol. The summed E-state index contributed by atoms with van der Waals surface area (Å²) in [6.45, 7) is 9.37. The van der Waals surface area contributed by atoms with Crippen molar-refractivity contribution in [3.8, 4) is 0 Å². The molecule has 1 aliphatic heterocycles. The van der Waals surface area contributed by atoms with Crippen molar-refractivity contribution in [2.24, 2.45) is 5.92 Å². The molecule has 1 amide bonds. The Hall–Kier alpha value is -2.64. The molecule has 8 heteroatoms. The maximum absolute atomic E-state index is 12.1. The quantitative estimate of drug-likeness (QED) is 0.867. The molecule has 1 saturated heterocycles. The lowest BCUT2D eigenvalue weighted by atomic mass is 10.0. The van der Waals surface area contributed by atoms with Gasteiger partial charge >= 0.3 is 6.09 Å². The number of nitrogens with one attached hydrogen (secondary N) is 1. The van der Waals surface area contributed by atoms with Gasteiger partial charge in [0, 0.05) is 18.9 Å². The standard InChI is InChI=1S/C17H24N6O2/c1-5-22-9-7-13(21-22)12(4)19-16-18-8-6-15(20-16)23-14(11(2)3)10-25-17(23)24/h6-9,11-12,14H,5,10H2,1-4H3,(H,18,19,20)/t12-,14?/m0/s1. The van der Waals surface area contributed by atoms with E-state index >= 15 is 0 Å². The fourth-order valence-electron chi connectivity index (χ4n) is 2.80. The molecule has 1 aliphatic rings. The Kier molecular flexibility index (Phi) is 4.87. The highest BCUT2D eigenvalue weighted by atomic mass is 16.6. The molecular formula is C17H24N6O2. The van der Waals surface area contributed by atoms with Gasteiger partial charge in [0.25, 0.3) is 0 Å². The number of anilines is 2. The molecule has 3 rings (SSSR count). The summed E-state index contributed by atoms with van der Waals surface area (Å²) in [4.78, 5) is 22.5. The third-order valence-electron chi connectivity index (χ3n) is 4.34. The Labute approximate surface area is 147 Å². The Morgan fingerprint density at radius 3 is 2.84 bits per heavy atom. The monoisotopic (exact) mass is 344 g/mol. The van der Waals surface area contributed by atoms with Crippen molar-refractivity contribution in [1.29, 1.82) is 0 Å². The van der Waals surface area contributed by atoms with Gasteiger partial charge in [0.2, 0.25) is 5.95 Å². The van der Waals surface area contributed by atoms with E-state index in [4.69, 9.17) is 4.74 Å². The van der Waals surface area contributed by atoms with Gasteiger partial charge < -0.3 is 10.1 Å². The number of nitrogens with zero attached hydrogens (tertiary/aromatic N) is 5. The molecule has 0 aromatic carbocycles. The summed E-state index contributed by atoms with van der Waals surface area (Å²) in [6, 6.07) is 3.63. The van der Waals surface area contributed by atoms with Crippen molar-refractivity contribution in [2.45, 2.75) is 46.3 Å². The molecule has 8 nitrogen and oxygen atoms in total. The van der Waals surface area contributed by atoms with E-state index in [1.807, 2.05) is 30.8 Å². The van der Waals surface area contributed by atoms with Gasteiger partial charge in [-0.25, -0.2) is 9.78 Å². The highest BCUT2D eigenvalue weighted by molar-refractivity contribution is 5.89. The Morgan fingerprint density at radius 1 is 1.36 bits per heavy atom. The minimum atomic E-state index is -0.363. The number of ether oxygens (including phenoxy) is 1. The zero-order chi connectivity index (χ0) is 18.0. The lowest BCUT2D eigenvalue weighted by Gasteiger charge is -2.23. The molecule has 0 spiro atoms. The second-order valence-corrected chi connectivity index (χ2v) is 6.46. The summed E-state index contributed by atoms with van der Waals surface area (Å²) in [5.74, 6) is 1.28. The molecule has 0 bridgehead atoms. The van der Waals surface area contributed by atoms with Gasteiger partial charge in [0.05, 0.1) is 17.8 Å². The van der Waals surface area contributed by atoms with Crippen LogP contribution in [0.5, 0.6) is 0 Å². The van der Waals surface area contributed by atoms with Crippen molar-refractivity contribution in [1.82, 2.24) is 19.7 Å². The minimum Gasteiger partial charge on any atom is -0.447 e. The van der Waals surface area contributed by atoms with E-state index in [2.05, 4.69) is 34.2 Å². The average molecular weight is 344 g/mol. The molecule has 0 radical (unpaired) electrons. The molecule has 2 aromatic heterocycles. The SMILES string of the molecule is CCn1ccc([C@H](C)Nc2nccc(N3C(=O)OCC3C(C)C)n2)n1. The minimum absolute atomic E-state index is 0.0204. The number of aromatic nitrogens is 4. The van der Waals surface area contributed by atoms with Crippen LogP contribution in [0.3, 0.4) is 0 Å². The number of cyclic esters (lactones) is 1. The maximum atomic E-state index is 12.1. The lowest BCUT2D eigenvalue weighted by molar-refractivity contribution is 0.177. The van der Waals surface area contributed by atoms with Crippen LogP contribution in [0.4, 0.5) is 16.6 Å². The predicted octanol–water partition coefficient (Wildman–Crippen LogP) is 2.85. The van der Waals surface area contributed by atoms with Crippen LogP contribution in [0.15, 0.2) is 24.5 Å². The molecule has 2 aromatic rings. The summed E-state index contributed by atoms with van der Waals surface area (Å²) in [6.07, 6.45) is 3.22. The summed E-state index contributed by atoms with van der Waals surface area (Å²) < 4.78 is 7.07. The van der Waals surface area contributed by atoms with Crippen LogP contribution in [-0.2, 0) is 11.3 Å². The number of amides is 1. The normalized spacial score (nSPS) is 18.5. The molecule has 25 heavy (non-hydrogen) atoms. The van der Waals surface area contributed by atoms with Crippen molar-refractivity contribution < 1.29 is 9.53 Å². The van der Waals surface area contributed by atoms with Crippen molar-refractivity contribution >= 4 is 17.9 Å². The van der Waals surface area contributed by atoms with Gasteiger partial charge in [0.1, 0.15) is 12.4 Å². The second kappa shape index (κ2) is 7.08. The van der Waals surface area contributed by atoms with Gasteiger partial charge in [0.15, 0.2) is 0 Å². The van der Waals surface area contributed by atoms with Gasteiger partial charge in [-0.3, -0.25) is 9.58 Å². The summed E-state index contributed by atoms with van der Waals surface area (Å²) in [5.41, 5.74) is 0.913. The van der Waals surface area contributed by atoms with Crippen LogP contribution in [0.25, 0.3) is 0 Å². The van der Waals surface area contributed by atoms with Crippen LogP contribution in [0.1, 0.15) is 39.4 Å². The second-order valence-electron chi connectivity index (χ2n) is 6.46. The maximum Gasteiger partial charge on any atom is 0.415 e. The van der Waals surface area contributed by atoms with E-state index in [1.54, 1.807) is 17.2 Å². The molecule has 1 unspecified atom stereocenters. The van der Waals surface area contributed by atoms with E-state index in [1.165, 1.54) is 0 Å². The molecule has 1 N–H and O–H groups in total. The molecule has 3 heterocycles.